The van der Waals surface area contributed by atoms with Gasteiger partial charge in [-0.25, -0.2) is 4.90 Å². The monoisotopic (exact) mass is 410 g/mol. The second kappa shape index (κ2) is 7.88. The molecule has 1 N–H and O–H groups in total. The molecule has 0 aliphatic carbocycles. The number of anilines is 2. The molecule has 1 aliphatic heterocycles. The van der Waals surface area contributed by atoms with Crippen molar-refractivity contribution < 1.29 is 9.59 Å². The van der Waals surface area contributed by atoms with Gasteiger partial charge in [-0.05, 0) is 75.1 Å². The topological polar surface area (TPSA) is 49.4 Å². The van der Waals surface area contributed by atoms with Crippen LogP contribution in [-0.2, 0) is 9.59 Å². The number of hydrogen-bond donors (Lipinski definition) is 1. The van der Waals surface area contributed by atoms with Crippen LogP contribution in [0.5, 0.6) is 0 Å². The number of nitrogens with one attached hydrogen (secondary N) is 1. The number of amides is 2. The van der Waals surface area contributed by atoms with E-state index < -0.39 is 0 Å². The van der Waals surface area contributed by atoms with E-state index in [2.05, 4.69) is 11.4 Å². The van der Waals surface area contributed by atoms with Crippen molar-refractivity contribution in [3.05, 3.63) is 99.7 Å². The first-order valence-corrected chi connectivity index (χ1v) is 10.4. The van der Waals surface area contributed by atoms with Crippen LogP contribution in [0.3, 0.4) is 0 Å². The van der Waals surface area contributed by atoms with Gasteiger partial charge < -0.3 is 5.32 Å². The van der Waals surface area contributed by atoms with E-state index >= 15 is 0 Å². The van der Waals surface area contributed by atoms with Gasteiger partial charge >= 0.3 is 0 Å². The maximum atomic E-state index is 13.6. The molecule has 0 spiro atoms. The smallest absolute Gasteiger partial charge is 0.282 e. The Hall–Kier alpha value is -3.66. The first-order chi connectivity index (χ1) is 14.7. The zero-order valence-electron chi connectivity index (χ0n) is 18.5. The Labute approximate surface area is 183 Å². The molecule has 0 saturated heterocycles. The quantitative estimate of drug-likeness (QED) is 0.568. The molecule has 0 aromatic heterocycles. The van der Waals surface area contributed by atoms with Crippen LogP contribution in [0, 0.1) is 34.6 Å². The van der Waals surface area contributed by atoms with Crippen molar-refractivity contribution in [1.29, 1.82) is 0 Å². The van der Waals surface area contributed by atoms with Gasteiger partial charge in [-0.1, -0.05) is 53.6 Å². The summed E-state index contributed by atoms with van der Waals surface area (Å²) in [5.41, 5.74) is 8.06. The molecule has 0 radical (unpaired) electrons. The van der Waals surface area contributed by atoms with E-state index in [1.54, 1.807) is 0 Å². The Morgan fingerprint density at radius 1 is 0.645 bits per heavy atom. The third-order valence-electron chi connectivity index (χ3n) is 5.51. The number of benzene rings is 3. The molecular weight excluding hydrogens is 384 g/mol. The number of hydrogen-bond acceptors (Lipinski definition) is 3. The molecule has 0 bridgehead atoms. The van der Waals surface area contributed by atoms with Crippen molar-refractivity contribution in [2.45, 2.75) is 34.6 Å². The van der Waals surface area contributed by atoms with Crippen molar-refractivity contribution >= 4 is 28.8 Å². The zero-order valence-corrected chi connectivity index (χ0v) is 18.5. The third kappa shape index (κ3) is 3.89. The van der Waals surface area contributed by atoms with Crippen LogP contribution in [0.2, 0.25) is 0 Å². The van der Waals surface area contributed by atoms with Gasteiger partial charge in [-0.3, -0.25) is 9.59 Å². The van der Waals surface area contributed by atoms with E-state index in [1.807, 2.05) is 89.2 Å². The van der Waals surface area contributed by atoms with Crippen LogP contribution in [0.4, 0.5) is 11.4 Å². The fourth-order valence-corrected chi connectivity index (χ4v) is 4.10. The van der Waals surface area contributed by atoms with Gasteiger partial charge in [0.1, 0.15) is 5.70 Å². The second-order valence-electron chi connectivity index (χ2n) is 8.35. The first kappa shape index (κ1) is 20.6. The van der Waals surface area contributed by atoms with Gasteiger partial charge in [0.15, 0.2) is 0 Å². The van der Waals surface area contributed by atoms with Gasteiger partial charge in [0.05, 0.1) is 11.3 Å². The van der Waals surface area contributed by atoms with Gasteiger partial charge in [0.25, 0.3) is 11.8 Å². The molecular formula is C27H26N2O2. The first-order valence-electron chi connectivity index (χ1n) is 10.4. The minimum Gasteiger partial charge on any atom is -0.350 e. The summed E-state index contributed by atoms with van der Waals surface area (Å²) in [6, 6.07) is 19.5. The molecule has 4 nitrogen and oxygen atoms in total. The predicted molar refractivity (Wildman–Crippen MR) is 126 cm³/mol. The van der Waals surface area contributed by atoms with Gasteiger partial charge in [0.2, 0.25) is 0 Å². The van der Waals surface area contributed by atoms with Crippen LogP contribution >= 0.6 is 0 Å². The summed E-state index contributed by atoms with van der Waals surface area (Å²) in [6.07, 6.45) is 0. The Kier molecular flexibility index (Phi) is 5.24. The number of nitrogens with zero attached hydrogens (tertiary/aromatic N) is 1. The average molecular weight is 411 g/mol. The van der Waals surface area contributed by atoms with Crippen molar-refractivity contribution in [3.63, 3.8) is 0 Å². The highest BCUT2D eigenvalue weighted by molar-refractivity contribution is 6.46. The minimum absolute atomic E-state index is 0.304. The molecule has 156 valence electrons. The van der Waals surface area contributed by atoms with Crippen LogP contribution in [0.1, 0.15) is 33.4 Å². The summed E-state index contributed by atoms with van der Waals surface area (Å²) in [5, 5.41) is 3.26. The Bertz CT molecular complexity index is 1220. The van der Waals surface area contributed by atoms with Gasteiger partial charge in [0, 0.05) is 5.69 Å². The van der Waals surface area contributed by atoms with Crippen LogP contribution in [-0.4, -0.2) is 11.8 Å². The molecule has 4 rings (SSSR count). The summed E-state index contributed by atoms with van der Waals surface area (Å²) in [6.45, 7) is 9.93. The highest BCUT2D eigenvalue weighted by Gasteiger charge is 2.40. The lowest BCUT2D eigenvalue weighted by Crippen LogP contribution is -2.33. The number of carbonyl (C=O) groups is 2. The van der Waals surface area contributed by atoms with Crippen LogP contribution in [0.25, 0.3) is 5.57 Å². The highest BCUT2D eigenvalue weighted by Crippen LogP contribution is 2.35. The normalized spacial score (nSPS) is 13.9. The highest BCUT2D eigenvalue weighted by atomic mass is 16.2. The van der Waals surface area contributed by atoms with Crippen molar-refractivity contribution in [2.75, 3.05) is 10.2 Å². The molecule has 0 atom stereocenters. The van der Waals surface area contributed by atoms with E-state index in [0.29, 0.717) is 17.0 Å². The van der Waals surface area contributed by atoms with E-state index in [-0.39, 0.29) is 11.8 Å². The van der Waals surface area contributed by atoms with Crippen LogP contribution < -0.4 is 10.2 Å². The third-order valence-corrected chi connectivity index (χ3v) is 5.51. The summed E-state index contributed by atoms with van der Waals surface area (Å²) in [5.74, 6) is -0.653. The predicted octanol–water partition coefficient (Wildman–Crippen LogP) is 5.63. The fraction of sp³-hybridized carbons (Fsp3) is 0.185. The van der Waals surface area contributed by atoms with Gasteiger partial charge in [-0.15, -0.1) is 0 Å². The molecule has 0 saturated carbocycles. The van der Waals surface area contributed by atoms with E-state index in [0.717, 1.165) is 39.1 Å². The molecule has 3 aromatic rings. The van der Waals surface area contributed by atoms with Gasteiger partial charge in [-0.2, -0.15) is 0 Å². The fourth-order valence-electron chi connectivity index (χ4n) is 4.10. The summed E-state index contributed by atoms with van der Waals surface area (Å²) in [7, 11) is 0. The van der Waals surface area contributed by atoms with Crippen LogP contribution in [0.15, 0.2) is 66.4 Å². The summed E-state index contributed by atoms with van der Waals surface area (Å²) < 4.78 is 0. The number of rotatable bonds is 4. The molecule has 1 heterocycles. The average Bonchev–Trinajstić information content (AvgIpc) is 2.92. The second-order valence-corrected chi connectivity index (χ2v) is 8.35. The molecule has 2 amide bonds. The lowest BCUT2D eigenvalue weighted by atomic mass is 10.0. The van der Waals surface area contributed by atoms with Crippen molar-refractivity contribution in [3.8, 4) is 0 Å². The maximum absolute atomic E-state index is 13.6. The summed E-state index contributed by atoms with van der Waals surface area (Å²) in [4.78, 5) is 28.4. The molecule has 4 heteroatoms. The molecule has 0 unspecified atom stereocenters. The van der Waals surface area contributed by atoms with Crippen molar-refractivity contribution in [2.24, 2.45) is 0 Å². The Morgan fingerprint density at radius 2 is 1.26 bits per heavy atom. The lowest BCUT2D eigenvalue weighted by Gasteiger charge is -2.18. The number of aryl methyl sites for hydroxylation is 5. The Balaban J connectivity index is 1.85. The minimum atomic E-state index is -0.341. The number of carbonyl (C=O) groups excluding carboxylic acids is 2. The van der Waals surface area contributed by atoms with Crippen molar-refractivity contribution in [1.82, 2.24) is 0 Å². The number of imide groups is 1. The maximum Gasteiger partial charge on any atom is 0.282 e. The summed E-state index contributed by atoms with van der Waals surface area (Å²) >= 11 is 0. The molecule has 31 heavy (non-hydrogen) atoms. The SMILES string of the molecule is Cc1ccc(C2=C(Nc3cc(C)cc(C)c3)C(=O)N(c3ccc(C)cc3C)C2=O)cc1. The van der Waals surface area contributed by atoms with E-state index in [4.69, 9.17) is 0 Å². The van der Waals surface area contributed by atoms with E-state index in [9.17, 15) is 9.59 Å². The molecule has 1 aliphatic rings. The standard InChI is InChI=1S/C27H26N2O2/c1-16-6-9-21(10-7-16)24-25(28-22-14-18(3)12-19(4)15-22)27(31)29(26(24)30)23-11-8-17(2)13-20(23)5/h6-15,28H,1-5H3. The largest absolute Gasteiger partial charge is 0.350 e. The zero-order chi connectivity index (χ0) is 22.3. The Morgan fingerprint density at radius 3 is 1.87 bits per heavy atom. The molecule has 0 fully saturated rings. The van der Waals surface area contributed by atoms with E-state index in [1.165, 1.54) is 4.90 Å². The molecule has 3 aromatic carbocycles. The lowest BCUT2D eigenvalue weighted by molar-refractivity contribution is -0.120.